The number of carbonyl (C=O) groups is 1. The largest absolute Gasteiger partial charge is 0.340 e. The number of hydrogen-bond acceptors (Lipinski definition) is 3. The van der Waals surface area contributed by atoms with Crippen molar-refractivity contribution in [3.05, 3.63) is 65.7 Å². The molecule has 25 heavy (non-hydrogen) atoms. The molecule has 1 amide bonds. The predicted molar refractivity (Wildman–Crippen MR) is 95.5 cm³/mol. The van der Waals surface area contributed by atoms with Gasteiger partial charge in [0.2, 0.25) is 5.91 Å². The molecular weight excluding hydrogens is 317 g/mol. The first-order chi connectivity index (χ1) is 12.1. The summed E-state index contributed by atoms with van der Waals surface area (Å²) in [6.45, 7) is 4.97. The summed E-state index contributed by atoms with van der Waals surface area (Å²) in [7, 11) is 0. The molecule has 1 aliphatic heterocycles. The summed E-state index contributed by atoms with van der Waals surface area (Å²) in [5, 5.41) is 0. The molecule has 0 aliphatic carbocycles. The number of aryl methyl sites for hydroxylation is 1. The Labute approximate surface area is 148 Å². The van der Waals surface area contributed by atoms with Crippen LogP contribution in [0.15, 0.2) is 48.8 Å². The molecule has 0 radical (unpaired) electrons. The van der Waals surface area contributed by atoms with Crippen LogP contribution in [0.25, 0.3) is 0 Å². The lowest BCUT2D eigenvalue weighted by molar-refractivity contribution is -0.133. The molecule has 0 N–H and O–H groups in total. The van der Waals surface area contributed by atoms with Crippen molar-refractivity contribution in [2.75, 3.05) is 26.2 Å². The van der Waals surface area contributed by atoms with Crippen LogP contribution in [0.5, 0.6) is 0 Å². The van der Waals surface area contributed by atoms with Gasteiger partial charge in [0, 0.05) is 56.6 Å². The summed E-state index contributed by atoms with van der Waals surface area (Å²) >= 11 is 0. The van der Waals surface area contributed by atoms with Gasteiger partial charge < -0.3 is 4.90 Å². The molecule has 1 unspecified atom stereocenters. The Morgan fingerprint density at radius 2 is 1.92 bits per heavy atom. The van der Waals surface area contributed by atoms with Gasteiger partial charge in [-0.05, 0) is 31.0 Å². The van der Waals surface area contributed by atoms with Gasteiger partial charge in [0.05, 0.1) is 0 Å². The molecule has 2 heterocycles. The molecule has 4 nitrogen and oxygen atoms in total. The third kappa shape index (κ3) is 4.42. The van der Waals surface area contributed by atoms with Gasteiger partial charge in [-0.15, -0.1) is 0 Å². The predicted octanol–water partition coefficient (Wildman–Crippen LogP) is 3.06. The standard InChI is InChI=1S/C20H24FN3O/c1-16(18-6-2-3-7-19(18)21)23-11-13-24(14-12-23)20(25)9-8-17-5-4-10-22-15-17/h2-7,10,15-16H,8-9,11-14H2,1H3. The molecule has 1 fully saturated rings. The summed E-state index contributed by atoms with van der Waals surface area (Å²) < 4.78 is 14.0. The van der Waals surface area contributed by atoms with Gasteiger partial charge in [-0.2, -0.15) is 0 Å². The fraction of sp³-hybridized carbons (Fsp3) is 0.400. The number of rotatable bonds is 5. The Morgan fingerprint density at radius 3 is 2.60 bits per heavy atom. The van der Waals surface area contributed by atoms with E-state index >= 15 is 0 Å². The molecule has 5 heteroatoms. The summed E-state index contributed by atoms with van der Waals surface area (Å²) in [6, 6.07) is 10.8. The second-order valence-corrected chi connectivity index (χ2v) is 6.48. The maximum absolute atomic E-state index is 14.0. The molecule has 132 valence electrons. The van der Waals surface area contributed by atoms with Gasteiger partial charge in [-0.3, -0.25) is 14.7 Å². The van der Waals surface area contributed by atoms with E-state index in [1.165, 1.54) is 6.07 Å². The van der Waals surface area contributed by atoms with Crippen LogP contribution < -0.4 is 0 Å². The number of benzene rings is 1. The average Bonchev–Trinajstić information content (AvgIpc) is 2.67. The molecule has 0 bridgehead atoms. The van der Waals surface area contributed by atoms with Crippen LogP contribution in [0, 0.1) is 5.82 Å². The highest BCUT2D eigenvalue weighted by atomic mass is 19.1. The van der Waals surface area contributed by atoms with Gasteiger partial charge in [0.1, 0.15) is 5.82 Å². The smallest absolute Gasteiger partial charge is 0.222 e. The fourth-order valence-electron chi connectivity index (χ4n) is 3.32. The van der Waals surface area contributed by atoms with Crippen molar-refractivity contribution < 1.29 is 9.18 Å². The number of piperazine rings is 1. The number of aromatic nitrogens is 1. The van der Waals surface area contributed by atoms with Gasteiger partial charge >= 0.3 is 0 Å². The first kappa shape index (κ1) is 17.5. The fourth-order valence-corrected chi connectivity index (χ4v) is 3.32. The second kappa shape index (κ2) is 8.21. The van der Waals surface area contributed by atoms with Crippen molar-refractivity contribution in [3.8, 4) is 0 Å². The van der Waals surface area contributed by atoms with Gasteiger partial charge in [-0.1, -0.05) is 24.3 Å². The van der Waals surface area contributed by atoms with Crippen LogP contribution in [0.3, 0.4) is 0 Å². The summed E-state index contributed by atoms with van der Waals surface area (Å²) in [4.78, 5) is 20.6. The van der Waals surface area contributed by atoms with Gasteiger partial charge in [0.25, 0.3) is 0 Å². The van der Waals surface area contributed by atoms with Crippen molar-refractivity contribution in [2.24, 2.45) is 0 Å². The molecule has 0 spiro atoms. The third-order valence-electron chi connectivity index (χ3n) is 4.92. The van der Waals surface area contributed by atoms with Crippen molar-refractivity contribution in [1.82, 2.24) is 14.8 Å². The topological polar surface area (TPSA) is 36.4 Å². The number of halogens is 1. The van der Waals surface area contributed by atoms with E-state index in [2.05, 4.69) is 9.88 Å². The van der Waals surface area contributed by atoms with Crippen LogP contribution in [0.2, 0.25) is 0 Å². The van der Waals surface area contributed by atoms with E-state index < -0.39 is 0 Å². The lowest BCUT2D eigenvalue weighted by Crippen LogP contribution is -2.49. The lowest BCUT2D eigenvalue weighted by Gasteiger charge is -2.38. The van der Waals surface area contributed by atoms with Crippen LogP contribution >= 0.6 is 0 Å². The summed E-state index contributed by atoms with van der Waals surface area (Å²) in [5.41, 5.74) is 1.81. The van der Waals surface area contributed by atoms with Crippen LogP contribution in [0.4, 0.5) is 4.39 Å². The molecular formula is C20H24FN3O. The Balaban J connectivity index is 1.50. The minimum absolute atomic E-state index is 0.0221. The Bertz CT molecular complexity index is 699. The van der Waals surface area contributed by atoms with Gasteiger partial charge in [-0.25, -0.2) is 4.39 Å². The first-order valence-electron chi connectivity index (χ1n) is 8.80. The summed E-state index contributed by atoms with van der Waals surface area (Å²) in [6.07, 6.45) is 4.77. The van der Waals surface area contributed by atoms with Crippen molar-refractivity contribution in [2.45, 2.75) is 25.8 Å². The maximum atomic E-state index is 14.0. The first-order valence-corrected chi connectivity index (χ1v) is 8.80. The highest BCUT2D eigenvalue weighted by Gasteiger charge is 2.25. The molecule has 1 atom stereocenters. The van der Waals surface area contributed by atoms with E-state index in [1.54, 1.807) is 18.5 Å². The van der Waals surface area contributed by atoms with Gasteiger partial charge in [0.15, 0.2) is 0 Å². The van der Waals surface area contributed by atoms with E-state index in [1.807, 2.05) is 36.1 Å². The highest BCUT2D eigenvalue weighted by Crippen LogP contribution is 2.24. The molecule has 1 aromatic heterocycles. The molecule has 2 aromatic rings. The van der Waals surface area contributed by atoms with Crippen LogP contribution in [0.1, 0.15) is 30.5 Å². The van der Waals surface area contributed by atoms with E-state index in [0.717, 1.165) is 30.6 Å². The molecule has 1 aliphatic rings. The SMILES string of the molecule is CC(c1ccccc1F)N1CCN(C(=O)CCc2cccnc2)CC1. The Morgan fingerprint density at radius 1 is 1.16 bits per heavy atom. The van der Waals surface area contributed by atoms with E-state index in [9.17, 15) is 9.18 Å². The third-order valence-corrected chi connectivity index (χ3v) is 4.92. The monoisotopic (exact) mass is 341 g/mol. The second-order valence-electron chi connectivity index (χ2n) is 6.48. The van der Waals surface area contributed by atoms with E-state index in [0.29, 0.717) is 19.5 Å². The normalized spacial score (nSPS) is 16.6. The van der Waals surface area contributed by atoms with Crippen molar-refractivity contribution in [1.29, 1.82) is 0 Å². The lowest BCUT2D eigenvalue weighted by atomic mass is 10.1. The minimum Gasteiger partial charge on any atom is -0.340 e. The number of amides is 1. The van der Waals surface area contributed by atoms with E-state index in [-0.39, 0.29) is 17.8 Å². The quantitative estimate of drug-likeness (QED) is 0.839. The molecule has 0 saturated carbocycles. The van der Waals surface area contributed by atoms with Crippen molar-refractivity contribution in [3.63, 3.8) is 0 Å². The summed E-state index contributed by atoms with van der Waals surface area (Å²) in [5.74, 6) is 0.0204. The van der Waals surface area contributed by atoms with Crippen LogP contribution in [-0.2, 0) is 11.2 Å². The number of pyridine rings is 1. The van der Waals surface area contributed by atoms with Crippen LogP contribution in [-0.4, -0.2) is 46.9 Å². The number of hydrogen-bond donors (Lipinski definition) is 0. The number of carbonyl (C=O) groups excluding carboxylic acids is 1. The molecule has 1 aromatic carbocycles. The molecule has 3 rings (SSSR count). The number of nitrogens with zero attached hydrogens (tertiary/aromatic N) is 3. The Kier molecular flexibility index (Phi) is 5.76. The minimum atomic E-state index is -0.162. The zero-order chi connectivity index (χ0) is 17.6. The maximum Gasteiger partial charge on any atom is 0.222 e. The zero-order valence-corrected chi connectivity index (χ0v) is 14.6. The van der Waals surface area contributed by atoms with Crippen molar-refractivity contribution >= 4 is 5.91 Å². The van der Waals surface area contributed by atoms with E-state index in [4.69, 9.17) is 0 Å². The highest BCUT2D eigenvalue weighted by molar-refractivity contribution is 5.76. The average molecular weight is 341 g/mol. The molecule has 1 saturated heterocycles. The zero-order valence-electron chi connectivity index (χ0n) is 14.6. The Hall–Kier alpha value is -2.27.